The van der Waals surface area contributed by atoms with Crippen molar-refractivity contribution in [1.82, 2.24) is 10.2 Å². The molecule has 148 valence electrons. The summed E-state index contributed by atoms with van der Waals surface area (Å²) in [5.74, 6) is -0.560. The van der Waals surface area contributed by atoms with Gasteiger partial charge in [-0.3, -0.25) is 14.4 Å². The molecule has 1 unspecified atom stereocenters. The Labute approximate surface area is 169 Å². The van der Waals surface area contributed by atoms with Gasteiger partial charge in [-0.15, -0.1) is 0 Å². The quantitative estimate of drug-likeness (QED) is 0.822. The summed E-state index contributed by atoms with van der Waals surface area (Å²) < 4.78 is 0. The first-order chi connectivity index (χ1) is 14.0. The van der Waals surface area contributed by atoms with Crippen molar-refractivity contribution in [2.75, 3.05) is 5.32 Å². The Morgan fingerprint density at radius 3 is 2.52 bits per heavy atom. The first-order valence-electron chi connectivity index (χ1n) is 9.78. The van der Waals surface area contributed by atoms with Gasteiger partial charge in [0.1, 0.15) is 0 Å². The lowest BCUT2D eigenvalue weighted by molar-refractivity contribution is -0.129. The van der Waals surface area contributed by atoms with Crippen LogP contribution in [0, 0.1) is 0 Å². The molecular weight excluding hydrogens is 366 g/mol. The third-order valence-electron chi connectivity index (χ3n) is 5.21. The summed E-state index contributed by atoms with van der Waals surface area (Å²) in [6, 6.07) is 14.6. The second-order valence-corrected chi connectivity index (χ2v) is 7.43. The molecule has 1 atom stereocenters. The Bertz CT molecular complexity index is 994. The average Bonchev–Trinajstić information content (AvgIpc) is 3.52. The molecule has 0 radical (unpaired) electrons. The van der Waals surface area contributed by atoms with Crippen LogP contribution in [0.3, 0.4) is 0 Å². The Hall–Kier alpha value is -3.41. The molecule has 6 nitrogen and oxygen atoms in total. The standard InChI is InChI=1S/C23H23N3O3/c1-15(27)26-13-12-16-6-2-3-7-18(16)21(26)14-22(28)25-20-9-5-4-8-19(20)23(29)24-17-10-11-17/h2-9,12-13,17,21H,10-11,14H2,1H3,(H,24,29)(H,25,28). The number of hydrogen-bond donors (Lipinski definition) is 2. The van der Waals surface area contributed by atoms with E-state index in [9.17, 15) is 14.4 Å². The van der Waals surface area contributed by atoms with Crippen molar-refractivity contribution in [2.24, 2.45) is 0 Å². The van der Waals surface area contributed by atoms with Crippen LogP contribution in [-0.4, -0.2) is 28.7 Å². The zero-order chi connectivity index (χ0) is 20.4. The molecule has 4 rings (SSSR count). The number of benzene rings is 2. The van der Waals surface area contributed by atoms with E-state index in [2.05, 4.69) is 10.6 Å². The minimum absolute atomic E-state index is 0.0967. The van der Waals surface area contributed by atoms with Gasteiger partial charge in [-0.25, -0.2) is 0 Å². The summed E-state index contributed by atoms with van der Waals surface area (Å²) in [7, 11) is 0. The van der Waals surface area contributed by atoms with Crippen LogP contribution in [0.25, 0.3) is 6.08 Å². The normalized spacial score (nSPS) is 17.4. The molecule has 0 aromatic heterocycles. The van der Waals surface area contributed by atoms with Crippen LogP contribution in [0.15, 0.2) is 54.7 Å². The van der Waals surface area contributed by atoms with Gasteiger partial charge in [0.05, 0.1) is 23.7 Å². The van der Waals surface area contributed by atoms with E-state index < -0.39 is 0 Å². The van der Waals surface area contributed by atoms with Crippen LogP contribution in [0.2, 0.25) is 0 Å². The number of carbonyl (C=O) groups is 3. The summed E-state index contributed by atoms with van der Waals surface area (Å²) >= 11 is 0. The zero-order valence-electron chi connectivity index (χ0n) is 16.2. The number of hydrogen-bond acceptors (Lipinski definition) is 3. The molecule has 29 heavy (non-hydrogen) atoms. The van der Waals surface area contributed by atoms with Crippen LogP contribution >= 0.6 is 0 Å². The van der Waals surface area contributed by atoms with Crippen molar-refractivity contribution in [3.63, 3.8) is 0 Å². The van der Waals surface area contributed by atoms with Crippen LogP contribution in [0.4, 0.5) is 5.69 Å². The Morgan fingerprint density at radius 2 is 1.76 bits per heavy atom. The van der Waals surface area contributed by atoms with Crippen LogP contribution in [0.1, 0.15) is 53.7 Å². The van der Waals surface area contributed by atoms with E-state index in [0.717, 1.165) is 24.0 Å². The Morgan fingerprint density at radius 1 is 1.03 bits per heavy atom. The number of nitrogens with zero attached hydrogens (tertiary/aromatic N) is 1. The molecule has 0 bridgehead atoms. The largest absolute Gasteiger partial charge is 0.349 e. The molecule has 1 aliphatic carbocycles. The lowest BCUT2D eigenvalue weighted by atomic mass is 9.93. The maximum atomic E-state index is 12.9. The summed E-state index contributed by atoms with van der Waals surface area (Å²) in [6.07, 6.45) is 5.69. The minimum Gasteiger partial charge on any atom is -0.349 e. The SMILES string of the molecule is CC(=O)N1C=Cc2ccccc2C1CC(=O)Nc1ccccc1C(=O)NC1CC1. The third-order valence-corrected chi connectivity index (χ3v) is 5.21. The first kappa shape index (κ1) is 18.9. The van der Waals surface area contributed by atoms with Crippen LogP contribution in [-0.2, 0) is 9.59 Å². The maximum absolute atomic E-state index is 12.9. The minimum atomic E-state index is -0.388. The van der Waals surface area contributed by atoms with Gasteiger partial charge in [0.2, 0.25) is 11.8 Å². The number of carbonyl (C=O) groups excluding carboxylic acids is 3. The van der Waals surface area contributed by atoms with E-state index in [1.807, 2.05) is 30.3 Å². The van der Waals surface area contributed by atoms with Gasteiger partial charge < -0.3 is 15.5 Å². The fraction of sp³-hybridized carbons (Fsp3) is 0.261. The fourth-order valence-electron chi connectivity index (χ4n) is 3.57. The smallest absolute Gasteiger partial charge is 0.253 e. The zero-order valence-corrected chi connectivity index (χ0v) is 16.2. The fourth-order valence-corrected chi connectivity index (χ4v) is 3.57. The molecule has 2 aromatic rings. The predicted molar refractivity (Wildman–Crippen MR) is 111 cm³/mol. The second-order valence-electron chi connectivity index (χ2n) is 7.43. The van der Waals surface area contributed by atoms with Gasteiger partial charge in [-0.2, -0.15) is 0 Å². The summed E-state index contributed by atoms with van der Waals surface area (Å²) in [5.41, 5.74) is 2.84. The summed E-state index contributed by atoms with van der Waals surface area (Å²) in [4.78, 5) is 39.0. The highest BCUT2D eigenvalue weighted by Gasteiger charge is 2.29. The van der Waals surface area contributed by atoms with Gasteiger partial charge in [0.15, 0.2) is 0 Å². The number of anilines is 1. The van der Waals surface area contributed by atoms with Gasteiger partial charge in [-0.05, 0) is 42.2 Å². The van der Waals surface area contributed by atoms with Crippen molar-refractivity contribution >= 4 is 29.5 Å². The molecule has 1 fully saturated rings. The maximum Gasteiger partial charge on any atom is 0.253 e. The molecule has 1 saturated carbocycles. The van der Waals surface area contributed by atoms with E-state index in [1.54, 1.807) is 35.4 Å². The van der Waals surface area contributed by atoms with Gasteiger partial charge in [0.25, 0.3) is 5.91 Å². The molecule has 2 aromatic carbocycles. The third kappa shape index (κ3) is 4.21. The number of nitrogens with one attached hydrogen (secondary N) is 2. The molecule has 2 aliphatic rings. The lowest BCUT2D eigenvalue weighted by Crippen LogP contribution is -2.33. The highest BCUT2D eigenvalue weighted by molar-refractivity contribution is 6.04. The van der Waals surface area contributed by atoms with Gasteiger partial charge in [0, 0.05) is 19.2 Å². The molecule has 0 saturated heterocycles. The second kappa shape index (κ2) is 7.91. The lowest BCUT2D eigenvalue weighted by Gasteiger charge is -2.32. The molecule has 1 aliphatic heterocycles. The van der Waals surface area contributed by atoms with E-state index >= 15 is 0 Å². The van der Waals surface area contributed by atoms with Crippen molar-refractivity contribution in [3.8, 4) is 0 Å². The molecule has 0 spiro atoms. The molecule has 6 heteroatoms. The van der Waals surface area contributed by atoms with Crippen molar-refractivity contribution < 1.29 is 14.4 Å². The van der Waals surface area contributed by atoms with Crippen molar-refractivity contribution in [3.05, 3.63) is 71.4 Å². The Kier molecular flexibility index (Phi) is 5.16. The number of amides is 3. The highest BCUT2D eigenvalue weighted by Crippen LogP contribution is 2.33. The van der Waals surface area contributed by atoms with Gasteiger partial charge >= 0.3 is 0 Å². The topological polar surface area (TPSA) is 78.5 Å². The Balaban J connectivity index is 1.53. The van der Waals surface area contributed by atoms with E-state index in [4.69, 9.17) is 0 Å². The number of rotatable bonds is 5. The van der Waals surface area contributed by atoms with E-state index in [-0.39, 0.29) is 36.2 Å². The molecule has 3 amide bonds. The number of para-hydroxylation sites is 1. The molecule has 1 heterocycles. The average molecular weight is 389 g/mol. The molecule has 2 N–H and O–H groups in total. The molecular formula is C23H23N3O3. The van der Waals surface area contributed by atoms with Crippen LogP contribution in [0.5, 0.6) is 0 Å². The van der Waals surface area contributed by atoms with Crippen LogP contribution < -0.4 is 10.6 Å². The number of fused-ring (bicyclic) bond motifs is 1. The van der Waals surface area contributed by atoms with E-state index in [1.165, 1.54) is 6.92 Å². The van der Waals surface area contributed by atoms with Crippen molar-refractivity contribution in [2.45, 2.75) is 38.3 Å². The monoisotopic (exact) mass is 389 g/mol. The van der Waals surface area contributed by atoms with Crippen molar-refractivity contribution in [1.29, 1.82) is 0 Å². The summed E-state index contributed by atoms with van der Waals surface area (Å²) in [6.45, 7) is 1.49. The predicted octanol–water partition coefficient (Wildman–Crippen LogP) is 3.48. The first-order valence-corrected chi connectivity index (χ1v) is 9.78. The highest BCUT2D eigenvalue weighted by atomic mass is 16.2. The van der Waals surface area contributed by atoms with E-state index in [0.29, 0.717) is 11.3 Å². The summed E-state index contributed by atoms with van der Waals surface area (Å²) in [5, 5.41) is 5.81. The van der Waals surface area contributed by atoms with Gasteiger partial charge in [-0.1, -0.05) is 36.4 Å².